The fourth-order valence-electron chi connectivity index (χ4n) is 3.95. The van der Waals surface area contributed by atoms with Crippen LogP contribution in [0.1, 0.15) is 35.1 Å². The molecule has 3 unspecified atom stereocenters. The molecular formula is C19H18N2O2. The molecule has 1 N–H and O–H groups in total. The number of para-hydroxylation sites is 1. The Morgan fingerprint density at radius 3 is 2.83 bits per heavy atom. The van der Waals surface area contributed by atoms with Gasteiger partial charge < -0.3 is 5.32 Å². The van der Waals surface area contributed by atoms with Crippen LogP contribution < -0.4 is 5.32 Å². The number of nitro groups is 1. The van der Waals surface area contributed by atoms with Crippen molar-refractivity contribution in [3.63, 3.8) is 0 Å². The quantitative estimate of drug-likeness (QED) is 0.496. The second kappa shape index (κ2) is 5.23. The first-order valence-corrected chi connectivity index (χ1v) is 7.92. The number of hydrogen-bond acceptors (Lipinski definition) is 3. The summed E-state index contributed by atoms with van der Waals surface area (Å²) in [7, 11) is 0. The molecule has 1 heterocycles. The van der Waals surface area contributed by atoms with Crippen molar-refractivity contribution >= 4 is 11.4 Å². The second-order valence-electron chi connectivity index (χ2n) is 6.39. The average molecular weight is 306 g/mol. The first-order valence-electron chi connectivity index (χ1n) is 7.92. The Morgan fingerprint density at radius 1 is 1.22 bits per heavy atom. The lowest BCUT2D eigenvalue weighted by Crippen LogP contribution is -2.29. The molecule has 0 saturated heterocycles. The van der Waals surface area contributed by atoms with Gasteiger partial charge in [0, 0.05) is 12.0 Å². The topological polar surface area (TPSA) is 55.2 Å². The summed E-state index contributed by atoms with van der Waals surface area (Å²) in [6.45, 7) is 2.08. The van der Waals surface area contributed by atoms with Crippen LogP contribution in [0.25, 0.3) is 0 Å². The van der Waals surface area contributed by atoms with Gasteiger partial charge in [0.05, 0.1) is 11.0 Å². The Bertz CT molecular complexity index is 813. The highest BCUT2D eigenvalue weighted by Gasteiger charge is 2.40. The van der Waals surface area contributed by atoms with E-state index in [9.17, 15) is 10.1 Å². The predicted octanol–water partition coefficient (Wildman–Crippen LogP) is 4.73. The zero-order chi connectivity index (χ0) is 16.0. The maximum Gasteiger partial charge on any atom is 0.292 e. The zero-order valence-electron chi connectivity index (χ0n) is 12.9. The maximum absolute atomic E-state index is 11.4. The van der Waals surface area contributed by atoms with Crippen LogP contribution in [0.4, 0.5) is 11.4 Å². The van der Waals surface area contributed by atoms with E-state index >= 15 is 0 Å². The summed E-state index contributed by atoms with van der Waals surface area (Å²) in [5.74, 6) is 0.656. The predicted molar refractivity (Wildman–Crippen MR) is 90.6 cm³/mol. The molecule has 0 bridgehead atoms. The molecule has 4 heteroatoms. The fourth-order valence-corrected chi connectivity index (χ4v) is 3.95. The van der Waals surface area contributed by atoms with E-state index in [1.54, 1.807) is 12.1 Å². The zero-order valence-corrected chi connectivity index (χ0v) is 12.9. The van der Waals surface area contributed by atoms with Gasteiger partial charge in [0.15, 0.2) is 0 Å². The highest BCUT2D eigenvalue weighted by molar-refractivity contribution is 5.71. The Morgan fingerprint density at radius 2 is 2.04 bits per heavy atom. The molecule has 0 radical (unpaired) electrons. The standard InChI is InChI=1S/C19H18N2O2/c1-12-5-2-6-13(11-12)18-15-8-3-7-14(15)16-9-4-10-17(21(22)23)19(16)20-18/h2-7,9-11,14-15,18,20H,8H2,1H3. The molecule has 4 rings (SSSR count). The molecule has 0 spiro atoms. The lowest BCUT2D eigenvalue weighted by molar-refractivity contribution is -0.384. The third-order valence-electron chi connectivity index (χ3n) is 4.97. The Balaban J connectivity index is 1.85. The Hall–Kier alpha value is -2.62. The summed E-state index contributed by atoms with van der Waals surface area (Å²) in [4.78, 5) is 11.1. The van der Waals surface area contributed by atoms with Gasteiger partial charge in [-0.05, 0) is 30.4 Å². The average Bonchev–Trinajstić information content (AvgIpc) is 3.03. The van der Waals surface area contributed by atoms with Crippen LogP contribution in [0, 0.1) is 23.0 Å². The summed E-state index contributed by atoms with van der Waals surface area (Å²) in [6.07, 6.45) is 5.41. The van der Waals surface area contributed by atoms with Crippen LogP contribution in [-0.2, 0) is 0 Å². The molecule has 4 nitrogen and oxygen atoms in total. The molecule has 23 heavy (non-hydrogen) atoms. The van der Waals surface area contributed by atoms with Crippen molar-refractivity contribution in [3.8, 4) is 0 Å². The van der Waals surface area contributed by atoms with Crippen molar-refractivity contribution in [2.75, 3.05) is 5.32 Å². The minimum absolute atomic E-state index is 0.100. The fraction of sp³-hybridized carbons (Fsp3) is 0.263. The highest BCUT2D eigenvalue weighted by atomic mass is 16.6. The van der Waals surface area contributed by atoms with Crippen molar-refractivity contribution in [2.24, 2.45) is 5.92 Å². The smallest absolute Gasteiger partial charge is 0.292 e. The van der Waals surface area contributed by atoms with Crippen LogP contribution in [0.2, 0.25) is 0 Å². The summed E-state index contributed by atoms with van der Waals surface area (Å²) in [6, 6.07) is 13.9. The largest absolute Gasteiger partial charge is 0.372 e. The van der Waals surface area contributed by atoms with Gasteiger partial charge in [0.25, 0.3) is 5.69 Å². The van der Waals surface area contributed by atoms with Crippen LogP contribution in [0.5, 0.6) is 0 Å². The van der Waals surface area contributed by atoms with Gasteiger partial charge in [-0.2, -0.15) is 0 Å². The maximum atomic E-state index is 11.4. The first kappa shape index (κ1) is 14.0. The van der Waals surface area contributed by atoms with Crippen LogP contribution in [0.15, 0.2) is 54.6 Å². The first-order chi connectivity index (χ1) is 11.1. The summed E-state index contributed by atoms with van der Waals surface area (Å²) >= 11 is 0. The van der Waals surface area contributed by atoms with E-state index < -0.39 is 0 Å². The van der Waals surface area contributed by atoms with Crippen LogP contribution >= 0.6 is 0 Å². The lowest BCUT2D eigenvalue weighted by atomic mass is 9.76. The molecule has 0 amide bonds. The number of nitrogens with one attached hydrogen (secondary N) is 1. The van der Waals surface area contributed by atoms with Gasteiger partial charge in [-0.25, -0.2) is 0 Å². The molecule has 0 fully saturated rings. The van der Waals surface area contributed by atoms with E-state index in [1.807, 2.05) is 6.07 Å². The molecule has 1 aliphatic heterocycles. The van der Waals surface area contributed by atoms with E-state index in [-0.39, 0.29) is 22.6 Å². The van der Waals surface area contributed by atoms with Crippen molar-refractivity contribution < 1.29 is 4.92 Å². The van der Waals surface area contributed by atoms with E-state index in [2.05, 4.69) is 48.7 Å². The van der Waals surface area contributed by atoms with Crippen molar-refractivity contribution in [2.45, 2.75) is 25.3 Å². The van der Waals surface area contributed by atoms with E-state index in [1.165, 1.54) is 11.1 Å². The Labute approximate surface area is 135 Å². The molecular weight excluding hydrogens is 288 g/mol. The summed E-state index contributed by atoms with van der Waals surface area (Å²) in [5, 5.41) is 14.9. The molecule has 2 aromatic carbocycles. The molecule has 1 aliphatic carbocycles. The van der Waals surface area contributed by atoms with Crippen molar-refractivity contribution in [1.82, 2.24) is 0 Å². The minimum atomic E-state index is -0.294. The summed E-state index contributed by atoms with van der Waals surface area (Å²) in [5.41, 5.74) is 4.30. The van der Waals surface area contributed by atoms with Crippen molar-refractivity contribution in [1.29, 1.82) is 0 Å². The number of hydrogen-bond donors (Lipinski definition) is 1. The van der Waals surface area contributed by atoms with Crippen LogP contribution in [0.3, 0.4) is 0 Å². The second-order valence-corrected chi connectivity index (χ2v) is 6.39. The third kappa shape index (κ3) is 2.22. The van der Waals surface area contributed by atoms with E-state index in [0.717, 1.165) is 12.0 Å². The highest BCUT2D eigenvalue weighted by Crippen LogP contribution is 2.51. The normalized spacial score (nSPS) is 24.7. The third-order valence-corrected chi connectivity index (χ3v) is 4.97. The lowest BCUT2D eigenvalue weighted by Gasteiger charge is -2.37. The van der Waals surface area contributed by atoms with E-state index in [0.29, 0.717) is 11.6 Å². The number of anilines is 1. The van der Waals surface area contributed by atoms with Gasteiger partial charge in [0.1, 0.15) is 5.69 Å². The minimum Gasteiger partial charge on any atom is -0.372 e. The summed E-state index contributed by atoms with van der Waals surface area (Å²) < 4.78 is 0. The van der Waals surface area contributed by atoms with Gasteiger partial charge in [-0.1, -0.05) is 54.1 Å². The van der Waals surface area contributed by atoms with E-state index in [4.69, 9.17) is 0 Å². The molecule has 116 valence electrons. The van der Waals surface area contributed by atoms with Gasteiger partial charge in [0.2, 0.25) is 0 Å². The van der Waals surface area contributed by atoms with Gasteiger partial charge in [-0.15, -0.1) is 0 Å². The monoisotopic (exact) mass is 306 g/mol. The van der Waals surface area contributed by atoms with Crippen molar-refractivity contribution in [3.05, 3.63) is 81.4 Å². The number of benzene rings is 2. The number of rotatable bonds is 2. The number of fused-ring (bicyclic) bond motifs is 3. The molecule has 2 aromatic rings. The Kier molecular flexibility index (Phi) is 3.18. The van der Waals surface area contributed by atoms with Crippen LogP contribution in [-0.4, -0.2) is 4.92 Å². The molecule has 2 aliphatic rings. The molecule has 3 atom stereocenters. The SMILES string of the molecule is Cc1cccc(C2Nc3c(cccc3[N+](=O)[O-])C3C=CCC32)c1. The van der Waals surface area contributed by atoms with Gasteiger partial charge in [-0.3, -0.25) is 10.1 Å². The molecule has 0 aromatic heterocycles. The number of nitro benzene ring substituents is 1. The molecule has 0 saturated carbocycles. The number of nitrogens with zero attached hydrogens (tertiary/aromatic N) is 1. The number of allylic oxidation sites excluding steroid dienone is 2. The number of aryl methyl sites for hydroxylation is 1. The van der Waals surface area contributed by atoms with Gasteiger partial charge >= 0.3 is 0 Å².